The van der Waals surface area contributed by atoms with E-state index in [-0.39, 0.29) is 10.8 Å². The molecule has 0 aliphatic heterocycles. The van der Waals surface area contributed by atoms with Crippen LogP contribution in [0.2, 0.25) is 0 Å². The first-order valence-electron chi connectivity index (χ1n) is 20.5. The zero-order valence-electron chi connectivity index (χ0n) is 33.7. The Balaban J connectivity index is 1.25. The molecule has 0 radical (unpaired) electrons. The monoisotopic (exact) mass is 747 g/mol. The molecule has 0 saturated heterocycles. The largest absolute Gasteiger partial charge is 0.456 e. The van der Waals surface area contributed by atoms with Gasteiger partial charge in [-0.2, -0.15) is 0 Å². The maximum absolute atomic E-state index is 6.55. The molecule has 0 amide bonds. The summed E-state index contributed by atoms with van der Waals surface area (Å²) in [5.41, 5.74) is 18.8. The zero-order valence-corrected chi connectivity index (χ0v) is 33.7. The lowest BCUT2D eigenvalue weighted by molar-refractivity contribution is 0.561. The van der Waals surface area contributed by atoms with E-state index in [2.05, 4.69) is 215 Å². The summed E-state index contributed by atoms with van der Waals surface area (Å²) >= 11 is 0. The van der Waals surface area contributed by atoms with Crippen LogP contribution in [0.3, 0.4) is 0 Å². The average Bonchev–Trinajstić information content (AvgIpc) is 3.76. The lowest BCUT2D eigenvalue weighted by Crippen LogP contribution is -2.40. The van der Waals surface area contributed by atoms with Gasteiger partial charge >= 0.3 is 0 Å². The Hall–Kier alpha value is -6.64. The quantitative estimate of drug-likeness (QED) is 0.178. The summed E-state index contributed by atoms with van der Waals surface area (Å²) < 4.78 is 6.55. The van der Waals surface area contributed by atoms with Gasteiger partial charge in [-0.05, 0) is 97.4 Å². The van der Waals surface area contributed by atoms with Crippen molar-refractivity contribution in [3.05, 3.63) is 221 Å². The van der Waals surface area contributed by atoms with Crippen molar-refractivity contribution in [1.29, 1.82) is 0 Å². The van der Waals surface area contributed by atoms with E-state index in [0.29, 0.717) is 0 Å². The van der Waals surface area contributed by atoms with Crippen LogP contribution in [0.15, 0.2) is 186 Å². The van der Waals surface area contributed by atoms with Crippen LogP contribution in [0, 0.1) is 0 Å². The normalized spacial score (nSPS) is 14.6. The van der Waals surface area contributed by atoms with Crippen LogP contribution in [0.25, 0.3) is 44.2 Å². The second-order valence-electron chi connectivity index (χ2n) is 17.7. The predicted molar refractivity (Wildman–Crippen MR) is 242 cm³/mol. The topological polar surface area (TPSA) is 16.4 Å². The van der Waals surface area contributed by atoms with Gasteiger partial charge in [0.2, 0.25) is 0 Å². The standard InChI is InChI=1S/C56H45NO/c1-54(2,3)47-26-17-27-48-53(47)42-33-31-37(34-49(42)56(48)45-24-13-11-22-43(45)55(4,5)44-23-12-14-25-46(44)56)57(50-28-15-9-20-39(50)36-18-7-6-8-19-36)38-30-32-41-40-21-10-16-29-51(40)58-52(41)35-38/h6-35H,1-5H3. The lowest BCUT2D eigenvalue weighted by atomic mass is 9.55. The van der Waals surface area contributed by atoms with Crippen molar-refractivity contribution >= 4 is 39.0 Å². The minimum atomic E-state index is -0.530. The van der Waals surface area contributed by atoms with Gasteiger partial charge in [0.05, 0.1) is 11.1 Å². The number of anilines is 3. The fraction of sp³-hybridized carbons (Fsp3) is 0.143. The number of fused-ring (bicyclic) bond motifs is 12. The van der Waals surface area contributed by atoms with Crippen molar-refractivity contribution < 1.29 is 4.42 Å². The third kappa shape index (κ3) is 4.78. The third-order valence-corrected chi connectivity index (χ3v) is 13.1. The third-order valence-electron chi connectivity index (χ3n) is 13.1. The minimum absolute atomic E-state index is 0.0670. The van der Waals surface area contributed by atoms with E-state index in [0.717, 1.165) is 44.6 Å². The van der Waals surface area contributed by atoms with Crippen molar-refractivity contribution in [2.75, 3.05) is 4.90 Å². The van der Waals surface area contributed by atoms with Crippen molar-refractivity contribution in [1.82, 2.24) is 0 Å². The molecule has 0 saturated carbocycles. The Morgan fingerprint density at radius 1 is 0.448 bits per heavy atom. The number of para-hydroxylation sites is 2. The molecule has 0 N–H and O–H groups in total. The fourth-order valence-corrected chi connectivity index (χ4v) is 10.5. The first kappa shape index (κ1) is 34.6. The Morgan fingerprint density at radius 2 is 1.03 bits per heavy atom. The van der Waals surface area contributed by atoms with E-state index in [4.69, 9.17) is 4.42 Å². The predicted octanol–water partition coefficient (Wildman–Crippen LogP) is 15.0. The van der Waals surface area contributed by atoms with Crippen LogP contribution in [-0.2, 0) is 16.2 Å². The van der Waals surface area contributed by atoms with Crippen LogP contribution in [0.1, 0.15) is 73.6 Å². The van der Waals surface area contributed by atoms with E-state index in [9.17, 15) is 0 Å². The molecule has 2 heteroatoms. The van der Waals surface area contributed by atoms with Gasteiger partial charge in [-0.25, -0.2) is 0 Å². The second-order valence-corrected chi connectivity index (χ2v) is 17.7. The summed E-state index contributed by atoms with van der Waals surface area (Å²) in [6, 6.07) is 67.4. The number of furan rings is 1. The molecule has 8 aromatic carbocycles. The SMILES string of the molecule is CC(C)(C)c1cccc2c1-c1ccc(N(c3ccc4c(c3)oc3ccccc34)c3ccccc3-c3ccccc3)cc1C21c2ccccc2C(C)(C)c2ccccc21. The minimum Gasteiger partial charge on any atom is -0.456 e. The number of nitrogens with zero attached hydrogens (tertiary/aromatic N) is 1. The molecule has 0 fully saturated rings. The molecular formula is C56H45NO. The molecule has 2 nitrogen and oxygen atoms in total. The maximum Gasteiger partial charge on any atom is 0.137 e. The molecule has 1 heterocycles. The number of hydrogen-bond acceptors (Lipinski definition) is 2. The number of benzene rings is 8. The number of hydrogen-bond donors (Lipinski definition) is 0. The van der Waals surface area contributed by atoms with Crippen LogP contribution in [0.5, 0.6) is 0 Å². The van der Waals surface area contributed by atoms with Crippen molar-refractivity contribution in [3.8, 4) is 22.3 Å². The van der Waals surface area contributed by atoms with Gasteiger partial charge in [-0.1, -0.05) is 174 Å². The van der Waals surface area contributed by atoms with Crippen molar-refractivity contribution in [2.45, 2.75) is 50.9 Å². The molecule has 0 atom stereocenters. The van der Waals surface area contributed by atoms with Crippen LogP contribution in [0.4, 0.5) is 17.1 Å². The molecule has 2 aliphatic rings. The van der Waals surface area contributed by atoms with Gasteiger partial charge in [-0.15, -0.1) is 0 Å². The van der Waals surface area contributed by atoms with Gasteiger partial charge in [-0.3, -0.25) is 0 Å². The summed E-state index contributed by atoms with van der Waals surface area (Å²) in [4.78, 5) is 2.45. The van der Waals surface area contributed by atoms with Crippen molar-refractivity contribution in [2.24, 2.45) is 0 Å². The van der Waals surface area contributed by atoms with Gasteiger partial charge < -0.3 is 9.32 Å². The van der Waals surface area contributed by atoms with Crippen molar-refractivity contribution in [3.63, 3.8) is 0 Å². The highest BCUT2D eigenvalue weighted by Crippen LogP contribution is 2.64. The van der Waals surface area contributed by atoms with Gasteiger partial charge in [0, 0.05) is 39.2 Å². The molecule has 11 rings (SSSR count). The molecule has 9 aromatic rings. The summed E-state index contributed by atoms with van der Waals surface area (Å²) in [5, 5.41) is 2.25. The van der Waals surface area contributed by atoms with Crippen LogP contribution in [-0.4, -0.2) is 0 Å². The van der Waals surface area contributed by atoms with E-state index >= 15 is 0 Å². The highest BCUT2D eigenvalue weighted by molar-refractivity contribution is 6.06. The lowest BCUT2D eigenvalue weighted by Gasteiger charge is -2.47. The Morgan fingerprint density at radius 3 is 1.78 bits per heavy atom. The van der Waals surface area contributed by atoms with E-state index in [1.165, 1.54) is 55.6 Å². The molecule has 0 bridgehead atoms. The summed E-state index contributed by atoms with van der Waals surface area (Å²) in [6.45, 7) is 11.8. The van der Waals surface area contributed by atoms with Crippen LogP contribution < -0.4 is 4.90 Å². The first-order chi connectivity index (χ1) is 28.2. The maximum atomic E-state index is 6.55. The Bertz CT molecular complexity index is 3030. The first-order valence-corrected chi connectivity index (χ1v) is 20.5. The molecule has 280 valence electrons. The van der Waals surface area contributed by atoms with E-state index in [1.54, 1.807) is 0 Å². The Labute approximate surface area is 341 Å². The molecule has 0 unspecified atom stereocenters. The molecule has 2 aliphatic carbocycles. The summed E-state index contributed by atoms with van der Waals surface area (Å²) in [5.74, 6) is 0. The zero-order chi connectivity index (χ0) is 39.4. The van der Waals surface area contributed by atoms with Gasteiger partial charge in [0.25, 0.3) is 0 Å². The van der Waals surface area contributed by atoms with Gasteiger partial charge in [0.1, 0.15) is 11.2 Å². The molecule has 1 spiro atoms. The summed E-state index contributed by atoms with van der Waals surface area (Å²) in [6.07, 6.45) is 0. The average molecular weight is 748 g/mol. The van der Waals surface area contributed by atoms with E-state index in [1.807, 2.05) is 6.07 Å². The molecule has 1 aromatic heterocycles. The number of rotatable bonds is 4. The van der Waals surface area contributed by atoms with Crippen LogP contribution >= 0.6 is 0 Å². The van der Waals surface area contributed by atoms with E-state index < -0.39 is 5.41 Å². The summed E-state index contributed by atoms with van der Waals surface area (Å²) in [7, 11) is 0. The fourth-order valence-electron chi connectivity index (χ4n) is 10.5. The highest BCUT2D eigenvalue weighted by Gasteiger charge is 2.54. The second kappa shape index (κ2) is 12.4. The highest BCUT2D eigenvalue weighted by atomic mass is 16.3. The van der Waals surface area contributed by atoms with Gasteiger partial charge in [0.15, 0.2) is 0 Å². The Kier molecular flexibility index (Phi) is 7.41. The molecule has 58 heavy (non-hydrogen) atoms. The smallest absolute Gasteiger partial charge is 0.137 e. The molecular weight excluding hydrogens is 703 g/mol.